The lowest BCUT2D eigenvalue weighted by atomic mass is 9.89. The Hall–Kier alpha value is -0.570. The quantitative estimate of drug-likeness (QED) is 0.546. The first kappa shape index (κ1) is 16.4. The van der Waals surface area contributed by atoms with Gasteiger partial charge < -0.3 is 10.8 Å². The molecule has 17 heavy (non-hydrogen) atoms. The molecule has 3 N–H and O–H groups in total. The van der Waals surface area contributed by atoms with Gasteiger partial charge in [0, 0.05) is 6.42 Å². The number of unbranched alkanes of at least 4 members (excludes halogenated alkanes) is 4. The monoisotopic (exact) mass is 243 g/mol. The van der Waals surface area contributed by atoms with Gasteiger partial charge in [-0.2, -0.15) is 0 Å². The molecule has 0 rings (SSSR count). The van der Waals surface area contributed by atoms with E-state index in [1.165, 1.54) is 38.5 Å². The highest BCUT2D eigenvalue weighted by Gasteiger charge is 2.14. The second-order valence-corrected chi connectivity index (χ2v) is 5.24. The van der Waals surface area contributed by atoms with Crippen molar-refractivity contribution < 1.29 is 9.90 Å². The molecule has 2 atom stereocenters. The van der Waals surface area contributed by atoms with Crippen molar-refractivity contribution in [1.29, 1.82) is 0 Å². The SMILES string of the molecule is CCCCCCCC(C)C[C@H](CN)CC(=O)O. The molecule has 1 unspecified atom stereocenters. The Morgan fingerprint density at radius 2 is 1.88 bits per heavy atom. The van der Waals surface area contributed by atoms with Crippen LogP contribution in [0.2, 0.25) is 0 Å². The number of hydrogen-bond acceptors (Lipinski definition) is 2. The van der Waals surface area contributed by atoms with Crippen LogP contribution in [-0.2, 0) is 4.79 Å². The van der Waals surface area contributed by atoms with Crippen LogP contribution in [0.15, 0.2) is 0 Å². The summed E-state index contributed by atoms with van der Waals surface area (Å²) in [6.45, 7) is 4.93. The highest BCUT2D eigenvalue weighted by molar-refractivity contribution is 5.67. The zero-order valence-electron chi connectivity index (χ0n) is 11.5. The molecule has 0 aromatic rings. The molecule has 0 aromatic heterocycles. The van der Waals surface area contributed by atoms with E-state index in [-0.39, 0.29) is 12.3 Å². The van der Waals surface area contributed by atoms with Crippen LogP contribution in [-0.4, -0.2) is 17.6 Å². The maximum absolute atomic E-state index is 10.6. The lowest BCUT2D eigenvalue weighted by molar-refractivity contribution is -0.138. The van der Waals surface area contributed by atoms with E-state index in [9.17, 15) is 4.79 Å². The van der Waals surface area contributed by atoms with Crippen molar-refractivity contribution in [1.82, 2.24) is 0 Å². The first-order chi connectivity index (χ1) is 8.10. The lowest BCUT2D eigenvalue weighted by Crippen LogP contribution is -2.20. The van der Waals surface area contributed by atoms with Gasteiger partial charge in [-0.15, -0.1) is 0 Å². The van der Waals surface area contributed by atoms with Crippen LogP contribution >= 0.6 is 0 Å². The first-order valence-corrected chi connectivity index (χ1v) is 7.02. The van der Waals surface area contributed by atoms with Crippen molar-refractivity contribution in [3.63, 3.8) is 0 Å². The Bertz CT molecular complexity index is 195. The normalized spacial score (nSPS) is 14.5. The molecule has 0 aliphatic heterocycles. The van der Waals surface area contributed by atoms with E-state index >= 15 is 0 Å². The molecular weight excluding hydrogens is 214 g/mol. The van der Waals surface area contributed by atoms with Crippen LogP contribution in [0.3, 0.4) is 0 Å². The number of carbonyl (C=O) groups is 1. The van der Waals surface area contributed by atoms with Crippen LogP contribution in [0.25, 0.3) is 0 Å². The summed E-state index contributed by atoms with van der Waals surface area (Å²) in [6.07, 6.45) is 8.91. The van der Waals surface area contributed by atoms with Crippen molar-refractivity contribution in [2.45, 2.75) is 65.2 Å². The molecule has 0 fully saturated rings. The van der Waals surface area contributed by atoms with E-state index in [2.05, 4.69) is 13.8 Å². The Labute approximate surface area is 106 Å². The number of carboxylic acid groups (broad SMARTS) is 1. The first-order valence-electron chi connectivity index (χ1n) is 7.02. The average molecular weight is 243 g/mol. The van der Waals surface area contributed by atoms with Crippen LogP contribution in [0.1, 0.15) is 65.2 Å². The summed E-state index contributed by atoms with van der Waals surface area (Å²) < 4.78 is 0. The molecule has 0 amide bonds. The molecule has 0 saturated carbocycles. The van der Waals surface area contributed by atoms with E-state index < -0.39 is 5.97 Å². The fourth-order valence-corrected chi connectivity index (χ4v) is 2.29. The van der Waals surface area contributed by atoms with E-state index in [4.69, 9.17) is 10.8 Å². The molecule has 102 valence electrons. The molecule has 0 aromatic carbocycles. The zero-order chi connectivity index (χ0) is 13.1. The summed E-state index contributed by atoms with van der Waals surface area (Å²) in [4.78, 5) is 10.6. The molecule has 0 radical (unpaired) electrons. The maximum Gasteiger partial charge on any atom is 0.303 e. The van der Waals surface area contributed by atoms with Crippen molar-refractivity contribution in [3.8, 4) is 0 Å². The summed E-state index contributed by atoms with van der Waals surface area (Å²) >= 11 is 0. The zero-order valence-corrected chi connectivity index (χ0v) is 11.5. The van der Waals surface area contributed by atoms with E-state index in [0.717, 1.165) is 6.42 Å². The molecule has 0 aliphatic rings. The molecule has 0 aliphatic carbocycles. The second kappa shape index (κ2) is 10.6. The van der Waals surface area contributed by atoms with Crippen molar-refractivity contribution >= 4 is 5.97 Å². The van der Waals surface area contributed by atoms with Gasteiger partial charge in [-0.1, -0.05) is 52.4 Å². The summed E-state index contributed by atoms with van der Waals surface area (Å²) in [5.74, 6) is 0.0262. The van der Waals surface area contributed by atoms with Gasteiger partial charge in [0.2, 0.25) is 0 Å². The van der Waals surface area contributed by atoms with Gasteiger partial charge in [0.25, 0.3) is 0 Å². The van der Waals surface area contributed by atoms with Crippen molar-refractivity contribution in [3.05, 3.63) is 0 Å². The smallest absolute Gasteiger partial charge is 0.303 e. The topological polar surface area (TPSA) is 63.3 Å². The van der Waals surface area contributed by atoms with Gasteiger partial charge >= 0.3 is 5.97 Å². The van der Waals surface area contributed by atoms with Gasteiger partial charge in [0.15, 0.2) is 0 Å². The highest BCUT2D eigenvalue weighted by Crippen LogP contribution is 2.20. The maximum atomic E-state index is 10.6. The second-order valence-electron chi connectivity index (χ2n) is 5.24. The highest BCUT2D eigenvalue weighted by atomic mass is 16.4. The Morgan fingerprint density at radius 3 is 2.41 bits per heavy atom. The third kappa shape index (κ3) is 10.3. The molecule has 3 nitrogen and oxygen atoms in total. The molecule has 0 bridgehead atoms. The Morgan fingerprint density at radius 1 is 1.24 bits per heavy atom. The summed E-state index contributed by atoms with van der Waals surface area (Å²) in [6, 6.07) is 0. The van der Waals surface area contributed by atoms with E-state index in [1.807, 2.05) is 0 Å². The van der Waals surface area contributed by atoms with Crippen LogP contribution in [0.4, 0.5) is 0 Å². The lowest BCUT2D eigenvalue weighted by Gasteiger charge is -2.17. The van der Waals surface area contributed by atoms with Gasteiger partial charge in [0.05, 0.1) is 0 Å². The summed E-state index contributed by atoms with van der Waals surface area (Å²) in [7, 11) is 0. The predicted molar refractivity (Wildman–Crippen MR) is 72.0 cm³/mol. The number of nitrogens with two attached hydrogens (primary N) is 1. The number of rotatable bonds is 11. The molecule has 0 saturated heterocycles. The summed E-state index contributed by atoms with van der Waals surface area (Å²) in [5.41, 5.74) is 5.60. The third-order valence-corrected chi connectivity index (χ3v) is 3.33. The van der Waals surface area contributed by atoms with E-state index in [0.29, 0.717) is 12.5 Å². The Balaban J connectivity index is 3.60. The molecule has 3 heteroatoms. The van der Waals surface area contributed by atoms with Gasteiger partial charge in [-0.25, -0.2) is 0 Å². The third-order valence-electron chi connectivity index (χ3n) is 3.33. The average Bonchev–Trinajstić information content (AvgIpc) is 2.27. The number of aliphatic carboxylic acids is 1. The molecule has 0 heterocycles. The van der Waals surface area contributed by atoms with E-state index in [1.54, 1.807) is 0 Å². The fourth-order valence-electron chi connectivity index (χ4n) is 2.29. The minimum Gasteiger partial charge on any atom is -0.481 e. The minimum atomic E-state index is -0.726. The Kier molecular flexibility index (Phi) is 10.2. The van der Waals surface area contributed by atoms with Crippen LogP contribution in [0, 0.1) is 11.8 Å². The summed E-state index contributed by atoms with van der Waals surface area (Å²) in [5, 5.41) is 8.75. The fraction of sp³-hybridized carbons (Fsp3) is 0.929. The van der Waals surface area contributed by atoms with Gasteiger partial charge in [0.1, 0.15) is 0 Å². The predicted octanol–water partition coefficient (Wildman–Crippen LogP) is 3.42. The number of hydrogen-bond donors (Lipinski definition) is 2. The van der Waals surface area contributed by atoms with Gasteiger partial charge in [-0.05, 0) is 24.8 Å². The number of carboxylic acids is 1. The van der Waals surface area contributed by atoms with Gasteiger partial charge in [-0.3, -0.25) is 4.79 Å². The standard InChI is InChI=1S/C14H29NO2/c1-3-4-5-6-7-8-12(2)9-13(11-15)10-14(16)17/h12-13H,3-11,15H2,1-2H3,(H,16,17)/t12?,13-/m0/s1. The minimum absolute atomic E-state index is 0.151. The molecule has 0 spiro atoms. The van der Waals surface area contributed by atoms with Crippen molar-refractivity contribution in [2.75, 3.05) is 6.54 Å². The molecular formula is C14H29NO2. The van der Waals surface area contributed by atoms with Crippen molar-refractivity contribution in [2.24, 2.45) is 17.6 Å². The van der Waals surface area contributed by atoms with Crippen LogP contribution < -0.4 is 5.73 Å². The largest absolute Gasteiger partial charge is 0.481 e. The van der Waals surface area contributed by atoms with Crippen LogP contribution in [0.5, 0.6) is 0 Å².